The summed E-state index contributed by atoms with van der Waals surface area (Å²) < 4.78 is 13.0. The van der Waals surface area contributed by atoms with Crippen molar-refractivity contribution in [3.8, 4) is 61.7 Å². The number of hydrogen-bond donors (Lipinski definition) is 0. The van der Waals surface area contributed by atoms with Crippen LogP contribution < -0.4 is 0 Å². The van der Waals surface area contributed by atoms with Crippen LogP contribution in [0.25, 0.3) is 99.5 Å². The highest BCUT2D eigenvalue weighted by atomic mass is 16.3. The Morgan fingerprint density at radius 1 is 0.346 bits per heavy atom. The molecule has 0 radical (unpaired) electrons. The fourth-order valence-electron chi connectivity index (χ4n) is 7.74. The summed E-state index contributed by atoms with van der Waals surface area (Å²) in [5, 5.41) is 14.5. The van der Waals surface area contributed by atoms with Crippen LogP contribution >= 0.6 is 0 Å². The van der Waals surface area contributed by atoms with E-state index in [1.54, 1.807) is 0 Å². The third kappa shape index (κ3) is 4.81. The molecule has 0 aliphatic rings. The molecule has 2 aromatic heterocycles. The van der Waals surface area contributed by atoms with E-state index in [1.807, 2.05) is 60.7 Å². The van der Waals surface area contributed by atoms with Crippen molar-refractivity contribution in [3.63, 3.8) is 0 Å². The topological polar surface area (TPSA) is 50.1 Å². The summed E-state index contributed by atoms with van der Waals surface area (Å²) in [5.74, 6) is 0. The number of rotatable bonds is 5. The number of nitriles is 1. The van der Waals surface area contributed by atoms with Crippen molar-refractivity contribution >= 4 is 43.9 Å². The summed E-state index contributed by atoms with van der Waals surface area (Å²) in [7, 11) is 0. The molecule has 0 aliphatic carbocycles. The van der Waals surface area contributed by atoms with Crippen LogP contribution in [-0.2, 0) is 0 Å². The number of furan rings is 2. The fourth-order valence-corrected chi connectivity index (χ4v) is 7.74. The molecule has 2 heterocycles. The average molecular weight is 664 g/mol. The molecule has 0 aliphatic heterocycles. The molecule has 0 bridgehead atoms. The smallest absolute Gasteiger partial charge is 0.143 e. The van der Waals surface area contributed by atoms with Crippen molar-refractivity contribution in [1.29, 1.82) is 5.26 Å². The molecule has 0 saturated carbocycles. The molecule has 0 unspecified atom stereocenters. The van der Waals surface area contributed by atoms with Crippen LogP contribution in [0.5, 0.6) is 0 Å². The van der Waals surface area contributed by atoms with E-state index in [4.69, 9.17) is 8.83 Å². The number of para-hydroxylation sites is 3. The van der Waals surface area contributed by atoms with Crippen LogP contribution in [0.1, 0.15) is 5.56 Å². The third-order valence-electron chi connectivity index (χ3n) is 10.1. The Morgan fingerprint density at radius 2 is 0.942 bits per heavy atom. The average Bonchev–Trinajstić information content (AvgIpc) is 3.79. The van der Waals surface area contributed by atoms with Gasteiger partial charge < -0.3 is 8.83 Å². The molecule has 0 amide bonds. The van der Waals surface area contributed by atoms with E-state index in [0.29, 0.717) is 5.56 Å². The van der Waals surface area contributed by atoms with Gasteiger partial charge in [0.05, 0.1) is 11.6 Å². The standard InChI is InChI=1S/C49H29NO2/c50-30-33-14-4-5-15-37(33)35-26-34(31-12-2-1-3-13-31)27-36(28-35)48-38(32-24-25-41-39-16-6-8-22-45(39)51-47(41)29-32)18-10-19-42(48)44-21-11-20-43-40-17-7-9-23-46(40)52-49(43)44/h1-29H. The van der Waals surface area contributed by atoms with Crippen LogP contribution in [0.2, 0.25) is 0 Å². The van der Waals surface area contributed by atoms with Gasteiger partial charge in [-0.3, -0.25) is 0 Å². The Hall–Kier alpha value is -7.15. The van der Waals surface area contributed by atoms with Gasteiger partial charge in [-0.25, -0.2) is 0 Å². The highest BCUT2D eigenvalue weighted by molar-refractivity contribution is 6.12. The van der Waals surface area contributed by atoms with Crippen molar-refractivity contribution in [3.05, 3.63) is 181 Å². The van der Waals surface area contributed by atoms with Crippen molar-refractivity contribution < 1.29 is 8.83 Å². The van der Waals surface area contributed by atoms with E-state index in [-0.39, 0.29) is 0 Å². The van der Waals surface area contributed by atoms with Crippen molar-refractivity contribution in [1.82, 2.24) is 0 Å². The predicted octanol–water partition coefficient (Wildman–Crippen LogP) is 13.7. The van der Waals surface area contributed by atoms with E-state index in [1.165, 1.54) is 0 Å². The van der Waals surface area contributed by atoms with E-state index in [9.17, 15) is 5.26 Å². The molecule has 0 atom stereocenters. The summed E-state index contributed by atoms with van der Waals surface area (Å²) in [4.78, 5) is 0. The monoisotopic (exact) mass is 663 g/mol. The quantitative estimate of drug-likeness (QED) is 0.184. The lowest BCUT2D eigenvalue weighted by atomic mass is 9.84. The molecule has 0 fully saturated rings. The lowest BCUT2D eigenvalue weighted by Gasteiger charge is -2.19. The molecule has 10 aromatic rings. The van der Waals surface area contributed by atoms with Gasteiger partial charge in [-0.05, 0) is 98.6 Å². The minimum atomic E-state index is 0.634. The minimum absolute atomic E-state index is 0.634. The van der Waals surface area contributed by atoms with Crippen molar-refractivity contribution in [2.24, 2.45) is 0 Å². The minimum Gasteiger partial charge on any atom is -0.456 e. The first-order valence-corrected chi connectivity index (χ1v) is 17.4. The maximum atomic E-state index is 10.2. The maximum absolute atomic E-state index is 10.2. The van der Waals surface area contributed by atoms with E-state index >= 15 is 0 Å². The van der Waals surface area contributed by atoms with Gasteiger partial charge in [-0.15, -0.1) is 0 Å². The summed E-state index contributed by atoms with van der Waals surface area (Å²) in [5.41, 5.74) is 14.4. The molecular formula is C49H29NO2. The number of benzene rings is 8. The first-order chi connectivity index (χ1) is 25.7. The second kappa shape index (κ2) is 12.0. The van der Waals surface area contributed by atoms with Crippen molar-refractivity contribution in [2.75, 3.05) is 0 Å². The zero-order valence-corrected chi connectivity index (χ0v) is 28.0. The van der Waals surface area contributed by atoms with Gasteiger partial charge in [0.1, 0.15) is 22.3 Å². The maximum Gasteiger partial charge on any atom is 0.143 e. The fraction of sp³-hybridized carbons (Fsp3) is 0. The SMILES string of the molecule is N#Cc1ccccc1-c1cc(-c2ccccc2)cc(-c2c(-c3ccc4c(c3)oc3ccccc34)cccc2-c2cccc3c2oc2ccccc23)c1. The number of fused-ring (bicyclic) bond motifs is 6. The number of hydrogen-bond acceptors (Lipinski definition) is 3. The van der Waals surface area contributed by atoms with Crippen molar-refractivity contribution in [2.45, 2.75) is 0 Å². The summed E-state index contributed by atoms with van der Waals surface area (Å²) >= 11 is 0. The molecule has 0 N–H and O–H groups in total. The van der Waals surface area contributed by atoms with Crippen LogP contribution in [0.4, 0.5) is 0 Å². The van der Waals surface area contributed by atoms with Crippen LogP contribution in [0.3, 0.4) is 0 Å². The Balaban J connectivity index is 1.30. The second-order valence-electron chi connectivity index (χ2n) is 13.1. The molecule has 3 nitrogen and oxygen atoms in total. The Labute approximate surface area is 300 Å². The summed E-state index contributed by atoms with van der Waals surface area (Å²) in [6.07, 6.45) is 0. The van der Waals surface area contributed by atoms with E-state index < -0.39 is 0 Å². The molecule has 52 heavy (non-hydrogen) atoms. The predicted molar refractivity (Wildman–Crippen MR) is 213 cm³/mol. The first kappa shape index (κ1) is 29.7. The van der Waals surface area contributed by atoms with Crippen LogP contribution in [-0.4, -0.2) is 0 Å². The molecule has 242 valence electrons. The Bertz CT molecular complexity index is 3030. The zero-order valence-electron chi connectivity index (χ0n) is 28.0. The van der Waals surface area contributed by atoms with Gasteiger partial charge in [0.2, 0.25) is 0 Å². The largest absolute Gasteiger partial charge is 0.456 e. The van der Waals surface area contributed by atoms with Gasteiger partial charge in [0, 0.05) is 27.1 Å². The summed E-state index contributed by atoms with van der Waals surface area (Å²) in [6.45, 7) is 0. The number of nitrogens with zero attached hydrogens (tertiary/aromatic N) is 1. The molecule has 3 heteroatoms. The van der Waals surface area contributed by atoms with E-state index in [2.05, 4.69) is 121 Å². The molecular weight excluding hydrogens is 635 g/mol. The second-order valence-corrected chi connectivity index (χ2v) is 13.1. The molecule has 0 saturated heterocycles. The third-order valence-corrected chi connectivity index (χ3v) is 10.1. The van der Waals surface area contributed by atoms with Crippen LogP contribution in [0, 0.1) is 11.3 Å². The molecule has 0 spiro atoms. The Kier molecular flexibility index (Phi) is 6.87. The van der Waals surface area contributed by atoms with Gasteiger partial charge in [0.25, 0.3) is 0 Å². The van der Waals surface area contributed by atoms with E-state index in [0.717, 1.165) is 99.5 Å². The highest BCUT2D eigenvalue weighted by Gasteiger charge is 2.21. The first-order valence-electron chi connectivity index (χ1n) is 17.4. The zero-order chi connectivity index (χ0) is 34.6. The van der Waals surface area contributed by atoms with Gasteiger partial charge in [0.15, 0.2) is 0 Å². The summed E-state index contributed by atoms with van der Waals surface area (Å²) in [6, 6.07) is 63.2. The van der Waals surface area contributed by atoms with Gasteiger partial charge in [-0.1, -0.05) is 127 Å². The molecule has 8 aromatic carbocycles. The van der Waals surface area contributed by atoms with Gasteiger partial charge >= 0.3 is 0 Å². The van der Waals surface area contributed by atoms with Crippen LogP contribution in [0.15, 0.2) is 185 Å². The lowest BCUT2D eigenvalue weighted by Crippen LogP contribution is -1.94. The highest BCUT2D eigenvalue weighted by Crippen LogP contribution is 2.46. The van der Waals surface area contributed by atoms with Gasteiger partial charge in [-0.2, -0.15) is 5.26 Å². The Morgan fingerprint density at radius 3 is 1.79 bits per heavy atom. The molecule has 10 rings (SSSR count). The lowest BCUT2D eigenvalue weighted by molar-refractivity contribution is 0.669. The normalized spacial score (nSPS) is 11.4.